The van der Waals surface area contributed by atoms with E-state index < -0.39 is 11.7 Å². The molecule has 82 valence electrons. The van der Waals surface area contributed by atoms with Crippen LogP contribution >= 0.6 is 11.3 Å². The number of hydrogen-bond donors (Lipinski definition) is 1. The molecule has 15 heavy (non-hydrogen) atoms. The number of rotatable bonds is 1. The van der Waals surface area contributed by atoms with Crippen molar-refractivity contribution in [2.75, 3.05) is 0 Å². The third-order valence-electron chi connectivity index (χ3n) is 1.92. The molecule has 0 radical (unpaired) electrons. The number of hydrogen-bond acceptors (Lipinski definition) is 5. The van der Waals surface area contributed by atoms with E-state index in [0.29, 0.717) is 0 Å². The number of nitrogens with two attached hydrogens (primary N) is 1. The first-order valence-electron chi connectivity index (χ1n) is 3.85. The zero-order valence-electron chi connectivity index (χ0n) is 7.49. The van der Waals surface area contributed by atoms with Gasteiger partial charge in [-0.3, -0.25) is 0 Å². The molecule has 2 aromatic rings. The fourth-order valence-corrected chi connectivity index (χ4v) is 1.79. The second-order valence-electron chi connectivity index (χ2n) is 3.17. The summed E-state index contributed by atoms with van der Waals surface area (Å²) in [6.45, 7) is 0.874. The Morgan fingerprint density at radius 3 is 2.67 bits per heavy atom. The molecule has 0 aliphatic heterocycles. The van der Waals surface area contributed by atoms with Crippen molar-refractivity contribution in [3.05, 3.63) is 11.3 Å². The van der Waals surface area contributed by atoms with Crippen molar-refractivity contribution in [3.8, 4) is 0 Å². The molecule has 5 nitrogen and oxygen atoms in total. The Bertz CT molecular complexity index is 456. The molecule has 0 saturated heterocycles. The van der Waals surface area contributed by atoms with E-state index in [-0.39, 0.29) is 9.97 Å². The molecule has 1 atom stereocenters. The van der Waals surface area contributed by atoms with Crippen LogP contribution < -0.4 is 5.73 Å². The maximum absolute atomic E-state index is 12.6. The Morgan fingerprint density at radius 1 is 1.47 bits per heavy atom. The van der Waals surface area contributed by atoms with Crippen LogP contribution in [0, 0.1) is 0 Å². The Hall–Kier alpha value is -1.22. The zero-order valence-corrected chi connectivity index (χ0v) is 8.30. The van der Waals surface area contributed by atoms with Gasteiger partial charge in [-0.05, 0) is 6.92 Å². The highest BCUT2D eigenvalue weighted by molar-refractivity contribution is 7.16. The summed E-state index contributed by atoms with van der Waals surface area (Å²) in [5.41, 5.74) is 2.74. The quantitative estimate of drug-likeness (QED) is 0.800. The molecule has 0 bridgehead atoms. The van der Waals surface area contributed by atoms with E-state index in [1.54, 1.807) is 0 Å². The summed E-state index contributed by atoms with van der Waals surface area (Å²) in [5.74, 6) is 0. The monoisotopic (exact) mass is 237 g/mol. The van der Waals surface area contributed by atoms with Crippen molar-refractivity contribution >= 4 is 16.3 Å². The number of fused-ring (bicyclic) bond motifs is 1. The van der Waals surface area contributed by atoms with Gasteiger partial charge in [0.25, 0.3) is 0 Å². The van der Waals surface area contributed by atoms with Gasteiger partial charge in [-0.1, -0.05) is 11.3 Å². The van der Waals surface area contributed by atoms with E-state index in [2.05, 4.69) is 15.3 Å². The van der Waals surface area contributed by atoms with E-state index in [0.717, 1.165) is 22.8 Å². The Labute approximate surface area is 85.7 Å². The maximum Gasteiger partial charge on any atom is 0.412 e. The zero-order chi connectivity index (χ0) is 11.3. The van der Waals surface area contributed by atoms with Crippen molar-refractivity contribution < 1.29 is 13.2 Å². The van der Waals surface area contributed by atoms with Crippen LogP contribution in [-0.2, 0) is 5.54 Å². The molecular formula is C6H6F3N5S. The van der Waals surface area contributed by atoms with Crippen LogP contribution in [-0.4, -0.2) is 26.0 Å². The van der Waals surface area contributed by atoms with Crippen molar-refractivity contribution in [1.29, 1.82) is 0 Å². The first-order valence-corrected chi connectivity index (χ1v) is 4.67. The lowest BCUT2D eigenvalue weighted by Crippen LogP contribution is -2.47. The molecule has 0 spiro atoms. The third kappa shape index (κ3) is 1.47. The van der Waals surface area contributed by atoms with E-state index in [4.69, 9.17) is 5.73 Å². The predicted octanol–water partition coefficient (Wildman–Crippen LogP) is 0.922. The molecule has 1 unspecified atom stereocenters. The summed E-state index contributed by atoms with van der Waals surface area (Å²) < 4.78 is 38.8. The van der Waals surface area contributed by atoms with Gasteiger partial charge in [0.15, 0.2) is 5.54 Å². The molecule has 0 saturated carbocycles. The number of halogens is 3. The fraction of sp³-hybridized carbons (Fsp3) is 0.500. The minimum atomic E-state index is -4.55. The highest BCUT2D eigenvalue weighted by atomic mass is 32.1. The van der Waals surface area contributed by atoms with Gasteiger partial charge in [-0.15, -0.1) is 10.2 Å². The summed E-state index contributed by atoms with van der Waals surface area (Å²) in [6, 6.07) is 0. The van der Waals surface area contributed by atoms with E-state index in [9.17, 15) is 13.2 Å². The Kier molecular flexibility index (Phi) is 1.98. The molecule has 0 aromatic carbocycles. The molecule has 0 aliphatic rings. The molecule has 2 heterocycles. The standard InChI is InChI=1S/C6H6F3N5S/c1-5(10,6(7,8)9)3-13-14-2-11-12-4(14)15-3/h2H,10H2,1H3. The highest BCUT2D eigenvalue weighted by Gasteiger charge is 2.52. The predicted molar refractivity (Wildman–Crippen MR) is 46.3 cm³/mol. The van der Waals surface area contributed by atoms with Crippen LogP contribution in [0.25, 0.3) is 4.96 Å². The van der Waals surface area contributed by atoms with Crippen LogP contribution in [0.15, 0.2) is 6.33 Å². The number of nitrogens with zero attached hydrogens (tertiary/aromatic N) is 4. The topological polar surface area (TPSA) is 69.1 Å². The lowest BCUT2D eigenvalue weighted by atomic mass is 10.1. The second kappa shape index (κ2) is 2.89. The van der Waals surface area contributed by atoms with Crippen molar-refractivity contribution in [2.45, 2.75) is 18.6 Å². The van der Waals surface area contributed by atoms with Gasteiger partial charge in [0.05, 0.1) is 0 Å². The average Bonchev–Trinajstić information content (AvgIpc) is 2.57. The van der Waals surface area contributed by atoms with Crippen molar-refractivity contribution in [2.24, 2.45) is 5.73 Å². The van der Waals surface area contributed by atoms with Crippen LogP contribution in [0.3, 0.4) is 0 Å². The van der Waals surface area contributed by atoms with Crippen LogP contribution in [0.1, 0.15) is 11.9 Å². The fourth-order valence-electron chi connectivity index (χ4n) is 0.891. The van der Waals surface area contributed by atoms with E-state index in [1.165, 1.54) is 6.33 Å². The first-order chi connectivity index (χ1) is 6.82. The number of alkyl halides is 3. The maximum atomic E-state index is 12.6. The van der Waals surface area contributed by atoms with Gasteiger partial charge in [-0.25, -0.2) is 0 Å². The summed E-state index contributed by atoms with van der Waals surface area (Å²) in [7, 11) is 0. The second-order valence-corrected chi connectivity index (χ2v) is 4.12. The highest BCUT2D eigenvalue weighted by Crippen LogP contribution is 2.37. The SMILES string of the molecule is CC(N)(c1nn2cnnc2s1)C(F)(F)F. The molecule has 0 fully saturated rings. The van der Waals surface area contributed by atoms with Crippen LogP contribution in [0.5, 0.6) is 0 Å². The van der Waals surface area contributed by atoms with E-state index in [1.807, 2.05) is 0 Å². The van der Waals surface area contributed by atoms with E-state index >= 15 is 0 Å². The molecule has 2 rings (SSSR count). The summed E-state index contributed by atoms with van der Waals surface area (Å²) >= 11 is 0.771. The number of aromatic nitrogens is 4. The van der Waals surface area contributed by atoms with Crippen molar-refractivity contribution in [1.82, 2.24) is 19.8 Å². The smallest absolute Gasteiger partial charge is 0.312 e. The average molecular weight is 237 g/mol. The van der Waals surface area contributed by atoms with Gasteiger partial charge in [-0.2, -0.15) is 22.8 Å². The molecule has 0 amide bonds. The summed E-state index contributed by atoms with van der Waals surface area (Å²) in [5, 5.41) is 10.5. The van der Waals surface area contributed by atoms with Crippen LogP contribution in [0.4, 0.5) is 13.2 Å². The van der Waals surface area contributed by atoms with Gasteiger partial charge in [0, 0.05) is 0 Å². The van der Waals surface area contributed by atoms with Crippen molar-refractivity contribution in [3.63, 3.8) is 0 Å². The van der Waals surface area contributed by atoms with Gasteiger partial charge in [0.1, 0.15) is 11.3 Å². The van der Waals surface area contributed by atoms with Crippen LogP contribution in [0.2, 0.25) is 0 Å². The molecule has 2 aromatic heterocycles. The van der Waals surface area contributed by atoms with Gasteiger partial charge < -0.3 is 5.73 Å². The normalized spacial score (nSPS) is 16.9. The van der Waals surface area contributed by atoms with Gasteiger partial charge in [0.2, 0.25) is 4.96 Å². The molecular weight excluding hydrogens is 231 g/mol. The Morgan fingerprint density at radius 2 is 2.13 bits per heavy atom. The summed E-state index contributed by atoms with van der Waals surface area (Å²) in [6.07, 6.45) is -3.32. The lowest BCUT2D eigenvalue weighted by Gasteiger charge is -2.24. The first kappa shape index (κ1) is 10.3. The lowest BCUT2D eigenvalue weighted by molar-refractivity contribution is -0.184. The minimum Gasteiger partial charge on any atom is -0.312 e. The largest absolute Gasteiger partial charge is 0.412 e. The van der Waals surface area contributed by atoms with Gasteiger partial charge >= 0.3 is 6.18 Å². The molecule has 9 heteroatoms. The molecule has 2 N–H and O–H groups in total. The minimum absolute atomic E-state index is 0.236. The Balaban J connectivity index is 2.51. The molecule has 0 aliphatic carbocycles. The summed E-state index contributed by atoms with van der Waals surface area (Å²) in [4.78, 5) is 0.283. The third-order valence-corrected chi connectivity index (χ3v) is 3.07.